The van der Waals surface area contributed by atoms with Gasteiger partial charge >= 0.3 is 5.97 Å². The van der Waals surface area contributed by atoms with E-state index in [0.717, 1.165) is 17.5 Å². The van der Waals surface area contributed by atoms with E-state index in [2.05, 4.69) is 15.4 Å². The lowest BCUT2D eigenvalue weighted by Crippen LogP contribution is -2.33. The summed E-state index contributed by atoms with van der Waals surface area (Å²) in [4.78, 5) is 28.1. The fourth-order valence-corrected chi connectivity index (χ4v) is 2.65. The highest BCUT2D eigenvalue weighted by atomic mass is 16.4. The van der Waals surface area contributed by atoms with Gasteiger partial charge in [0.05, 0.1) is 23.4 Å². The van der Waals surface area contributed by atoms with Gasteiger partial charge in [0.2, 0.25) is 0 Å². The van der Waals surface area contributed by atoms with Crippen LogP contribution in [0.1, 0.15) is 55.7 Å². The van der Waals surface area contributed by atoms with Crippen molar-refractivity contribution in [3.63, 3.8) is 0 Å². The molecular weight excluding hydrogens is 308 g/mol. The first-order chi connectivity index (χ1) is 11.3. The number of carboxylic acids is 1. The number of rotatable bonds is 7. The first-order valence-corrected chi connectivity index (χ1v) is 8.21. The number of nitrogens with zero attached hydrogens (tertiary/aromatic N) is 3. The highest BCUT2D eigenvalue weighted by Crippen LogP contribution is 2.19. The second-order valence-electron chi connectivity index (χ2n) is 6.25. The average molecular weight is 332 g/mol. The number of aromatic nitrogens is 3. The third kappa shape index (κ3) is 3.72. The predicted molar refractivity (Wildman–Crippen MR) is 91.0 cm³/mol. The molecule has 0 saturated heterocycles. The Hall–Kier alpha value is -2.44. The molecule has 0 fully saturated rings. The number of nitrogens with one attached hydrogen (secondary N) is 1. The number of aryl methyl sites for hydroxylation is 1. The molecule has 2 aromatic rings. The van der Waals surface area contributed by atoms with Gasteiger partial charge in [-0.25, -0.2) is 9.67 Å². The molecule has 7 heteroatoms. The SMILES string of the molecule is CCCC(CNC(=O)c1cc2cnn(C(C)C)c2nc1C)C(=O)O. The fraction of sp³-hybridized carbons (Fsp3) is 0.529. The molecule has 7 nitrogen and oxygen atoms in total. The van der Waals surface area contributed by atoms with E-state index in [1.807, 2.05) is 25.5 Å². The minimum Gasteiger partial charge on any atom is -0.481 e. The van der Waals surface area contributed by atoms with Crippen molar-refractivity contribution in [3.05, 3.63) is 23.5 Å². The van der Waals surface area contributed by atoms with Gasteiger partial charge in [0.25, 0.3) is 5.91 Å². The molecule has 0 aromatic carbocycles. The number of hydrogen-bond acceptors (Lipinski definition) is 4. The predicted octanol–water partition coefficient (Wildman–Crippen LogP) is 2.55. The van der Waals surface area contributed by atoms with Crippen LogP contribution in [0.3, 0.4) is 0 Å². The Morgan fingerprint density at radius 1 is 1.38 bits per heavy atom. The molecule has 0 aliphatic rings. The van der Waals surface area contributed by atoms with Gasteiger partial charge in [-0.05, 0) is 33.3 Å². The van der Waals surface area contributed by atoms with Gasteiger partial charge < -0.3 is 10.4 Å². The van der Waals surface area contributed by atoms with Crippen molar-refractivity contribution in [1.29, 1.82) is 0 Å². The molecule has 0 aliphatic heterocycles. The Morgan fingerprint density at radius 3 is 2.67 bits per heavy atom. The van der Waals surface area contributed by atoms with E-state index in [0.29, 0.717) is 17.7 Å². The summed E-state index contributed by atoms with van der Waals surface area (Å²) in [6.45, 7) is 7.84. The van der Waals surface area contributed by atoms with Crippen LogP contribution >= 0.6 is 0 Å². The second-order valence-corrected chi connectivity index (χ2v) is 6.25. The number of carbonyl (C=O) groups excluding carboxylic acids is 1. The van der Waals surface area contributed by atoms with Crippen LogP contribution in [0, 0.1) is 12.8 Å². The van der Waals surface area contributed by atoms with Crippen LogP contribution in [0.2, 0.25) is 0 Å². The number of aliphatic carboxylic acids is 1. The van der Waals surface area contributed by atoms with Crippen LogP contribution in [0.5, 0.6) is 0 Å². The summed E-state index contributed by atoms with van der Waals surface area (Å²) in [7, 11) is 0. The van der Waals surface area contributed by atoms with Crippen molar-refractivity contribution < 1.29 is 14.7 Å². The molecule has 0 bridgehead atoms. The van der Waals surface area contributed by atoms with Crippen LogP contribution in [0.25, 0.3) is 11.0 Å². The van der Waals surface area contributed by atoms with E-state index in [4.69, 9.17) is 5.11 Å². The molecule has 2 heterocycles. The van der Waals surface area contributed by atoms with Gasteiger partial charge in [0.15, 0.2) is 5.65 Å². The number of fused-ring (bicyclic) bond motifs is 1. The van der Waals surface area contributed by atoms with Gasteiger partial charge in [-0.3, -0.25) is 9.59 Å². The van der Waals surface area contributed by atoms with Crippen molar-refractivity contribution in [1.82, 2.24) is 20.1 Å². The van der Waals surface area contributed by atoms with E-state index in [9.17, 15) is 9.59 Å². The lowest BCUT2D eigenvalue weighted by molar-refractivity contribution is -0.141. The number of carbonyl (C=O) groups is 2. The Morgan fingerprint density at radius 2 is 2.08 bits per heavy atom. The molecule has 0 spiro atoms. The quantitative estimate of drug-likeness (QED) is 0.812. The lowest BCUT2D eigenvalue weighted by Gasteiger charge is -2.13. The summed E-state index contributed by atoms with van der Waals surface area (Å²) in [6.07, 6.45) is 2.98. The second kappa shape index (κ2) is 7.42. The Kier molecular flexibility index (Phi) is 5.54. The Labute approximate surface area is 141 Å². The third-order valence-electron chi connectivity index (χ3n) is 3.99. The molecule has 1 atom stereocenters. The standard InChI is InChI=1S/C17H24N4O3/c1-5-6-12(17(23)24)8-18-16(22)14-7-13-9-19-21(10(2)3)15(13)20-11(14)4/h7,9-10,12H,5-6,8H2,1-4H3,(H,18,22)(H,23,24). The summed E-state index contributed by atoms with van der Waals surface area (Å²) in [6, 6.07) is 1.94. The zero-order valence-electron chi connectivity index (χ0n) is 14.5. The fourth-order valence-electron chi connectivity index (χ4n) is 2.65. The zero-order valence-corrected chi connectivity index (χ0v) is 14.5. The number of amides is 1. The molecule has 0 saturated carbocycles. The Bertz CT molecular complexity index is 752. The van der Waals surface area contributed by atoms with E-state index in [-0.39, 0.29) is 18.5 Å². The molecule has 0 aliphatic carbocycles. The first-order valence-electron chi connectivity index (χ1n) is 8.21. The largest absolute Gasteiger partial charge is 0.481 e. The van der Waals surface area contributed by atoms with Crippen LogP contribution in [0.4, 0.5) is 0 Å². The summed E-state index contributed by atoms with van der Waals surface area (Å²) in [5, 5.41) is 17.0. The normalized spacial score (nSPS) is 12.5. The maximum absolute atomic E-state index is 12.4. The highest BCUT2D eigenvalue weighted by molar-refractivity contribution is 5.98. The molecule has 2 N–H and O–H groups in total. The number of hydrogen-bond donors (Lipinski definition) is 2. The van der Waals surface area contributed by atoms with Gasteiger partial charge in [-0.2, -0.15) is 5.10 Å². The summed E-state index contributed by atoms with van der Waals surface area (Å²) >= 11 is 0. The van der Waals surface area contributed by atoms with Crippen LogP contribution in [-0.4, -0.2) is 38.3 Å². The molecule has 24 heavy (non-hydrogen) atoms. The highest BCUT2D eigenvalue weighted by Gasteiger charge is 2.19. The van der Waals surface area contributed by atoms with Crippen LogP contribution in [-0.2, 0) is 4.79 Å². The summed E-state index contributed by atoms with van der Waals surface area (Å²) in [5.41, 5.74) is 1.80. The minimum atomic E-state index is -0.888. The lowest BCUT2D eigenvalue weighted by atomic mass is 10.0. The van der Waals surface area contributed by atoms with Gasteiger partial charge in [-0.15, -0.1) is 0 Å². The molecule has 1 unspecified atom stereocenters. The molecule has 130 valence electrons. The smallest absolute Gasteiger partial charge is 0.308 e. The third-order valence-corrected chi connectivity index (χ3v) is 3.99. The van der Waals surface area contributed by atoms with Crippen molar-refractivity contribution >= 4 is 22.9 Å². The molecule has 2 aromatic heterocycles. The van der Waals surface area contributed by atoms with E-state index in [1.54, 1.807) is 19.2 Å². The summed E-state index contributed by atoms with van der Waals surface area (Å²) < 4.78 is 1.81. The summed E-state index contributed by atoms with van der Waals surface area (Å²) in [5.74, 6) is -1.76. The van der Waals surface area contributed by atoms with E-state index >= 15 is 0 Å². The minimum absolute atomic E-state index is 0.116. The maximum Gasteiger partial charge on any atom is 0.308 e. The molecule has 0 radical (unpaired) electrons. The zero-order chi connectivity index (χ0) is 17.9. The van der Waals surface area contributed by atoms with Crippen molar-refractivity contribution in [2.75, 3.05) is 6.54 Å². The van der Waals surface area contributed by atoms with Crippen LogP contribution < -0.4 is 5.32 Å². The van der Waals surface area contributed by atoms with Crippen molar-refractivity contribution in [2.24, 2.45) is 5.92 Å². The Balaban J connectivity index is 2.20. The van der Waals surface area contributed by atoms with Gasteiger partial charge in [-0.1, -0.05) is 13.3 Å². The average Bonchev–Trinajstić information content (AvgIpc) is 2.92. The van der Waals surface area contributed by atoms with Crippen molar-refractivity contribution in [2.45, 2.75) is 46.6 Å². The maximum atomic E-state index is 12.4. The molecule has 1 amide bonds. The molecular formula is C17H24N4O3. The number of carboxylic acid groups (broad SMARTS) is 1. The monoisotopic (exact) mass is 332 g/mol. The molecule has 2 rings (SSSR count). The number of pyridine rings is 1. The first kappa shape index (κ1) is 17.9. The van der Waals surface area contributed by atoms with Crippen molar-refractivity contribution in [3.8, 4) is 0 Å². The van der Waals surface area contributed by atoms with Gasteiger partial charge in [0, 0.05) is 18.0 Å². The van der Waals surface area contributed by atoms with Crippen LogP contribution in [0.15, 0.2) is 12.3 Å². The topological polar surface area (TPSA) is 97.1 Å². The van der Waals surface area contributed by atoms with E-state index in [1.165, 1.54) is 0 Å². The van der Waals surface area contributed by atoms with Gasteiger partial charge in [0.1, 0.15) is 0 Å². The van der Waals surface area contributed by atoms with E-state index < -0.39 is 11.9 Å².